The van der Waals surface area contributed by atoms with Crippen molar-refractivity contribution in [2.75, 3.05) is 26.2 Å². The molecule has 0 atom stereocenters. The standard InChI is InChI=1S/C25H24ClN3O3/c1-2-16-12-23-19(14-20(16)26)18(13-24(30)32-23)15-28-7-9-29(10-8-28)25(31)22-11-17-5-3-4-6-21(17)27-22/h3-6,11-14,27H,2,7-10,15H2,1H3. The Balaban J connectivity index is 1.30. The lowest BCUT2D eigenvalue weighted by Crippen LogP contribution is -2.48. The maximum absolute atomic E-state index is 13.0. The summed E-state index contributed by atoms with van der Waals surface area (Å²) in [5.41, 5.74) is 3.66. The highest BCUT2D eigenvalue weighted by Gasteiger charge is 2.24. The van der Waals surface area contributed by atoms with Crippen LogP contribution >= 0.6 is 11.6 Å². The number of aromatic nitrogens is 1. The number of benzene rings is 2. The summed E-state index contributed by atoms with van der Waals surface area (Å²) >= 11 is 6.42. The molecule has 7 heteroatoms. The summed E-state index contributed by atoms with van der Waals surface area (Å²) in [5.74, 6) is 0.0190. The molecule has 1 aliphatic rings. The number of nitrogens with one attached hydrogen (secondary N) is 1. The molecule has 1 saturated heterocycles. The second-order valence-corrected chi connectivity index (χ2v) is 8.63. The van der Waals surface area contributed by atoms with Gasteiger partial charge in [0.15, 0.2) is 0 Å². The fraction of sp³-hybridized carbons (Fsp3) is 0.280. The van der Waals surface area contributed by atoms with E-state index in [2.05, 4.69) is 9.88 Å². The van der Waals surface area contributed by atoms with Crippen molar-refractivity contribution >= 4 is 39.4 Å². The molecule has 1 fully saturated rings. The summed E-state index contributed by atoms with van der Waals surface area (Å²) in [5, 5.41) is 2.58. The number of nitrogens with zero attached hydrogens (tertiary/aromatic N) is 2. The van der Waals surface area contributed by atoms with Crippen molar-refractivity contribution in [2.45, 2.75) is 19.9 Å². The van der Waals surface area contributed by atoms with Crippen LogP contribution in [0.2, 0.25) is 5.02 Å². The first-order chi connectivity index (χ1) is 15.5. The molecule has 0 aliphatic carbocycles. The van der Waals surface area contributed by atoms with Gasteiger partial charge in [-0.25, -0.2) is 4.79 Å². The van der Waals surface area contributed by atoms with Gasteiger partial charge in [0, 0.05) is 60.1 Å². The molecule has 5 rings (SSSR count). The van der Waals surface area contributed by atoms with E-state index in [1.807, 2.05) is 54.3 Å². The Kier molecular flexibility index (Phi) is 5.49. The molecule has 164 valence electrons. The summed E-state index contributed by atoms with van der Waals surface area (Å²) < 4.78 is 5.42. The Morgan fingerprint density at radius 1 is 1.06 bits per heavy atom. The van der Waals surface area contributed by atoms with Crippen LogP contribution in [-0.4, -0.2) is 46.9 Å². The average Bonchev–Trinajstić information content (AvgIpc) is 3.23. The van der Waals surface area contributed by atoms with Crippen LogP contribution in [0.1, 0.15) is 28.5 Å². The highest BCUT2D eigenvalue weighted by molar-refractivity contribution is 6.32. The largest absolute Gasteiger partial charge is 0.423 e. The lowest BCUT2D eigenvalue weighted by Gasteiger charge is -2.34. The second kappa shape index (κ2) is 8.45. The molecule has 1 N–H and O–H groups in total. The highest BCUT2D eigenvalue weighted by atomic mass is 35.5. The van der Waals surface area contributed by atoms with Crippen molar-refractivity contribution in [3.8, 4) is 0 Å². The molecule has 2 aromatic heterocycles. The minimum Gasteiger partial charge on any atom is -0.423 e. The molecule has 3 heterocycles. The van der Waals surface area contributed by atoms with Gasteiger partial charge in [-0.2, -0.15) is 0 Å². The monoisotopic (exact) mass is 449 g/mol. The molecule has 0 radical (unpaired) electrons. The molecular formula is C25H24ClN3O3. The van der Waals surface area contributed by atoms with Gasteiger partial charge in [-0.15, -0.1) is 0 Å². The van der Waals surface area contributed by atoms with Crippen LogP contribution in [0.4, 0.5) is 0 Å². The molecule has 0 bridgehead atoms. The van der Waals surface area contributed by atoms with Gasteiger partial charge in [0.05, 0.1) is 0 Å². The Labute approximate surface area is 190 Å². The molecule has 0 spiro atoms. The number of para-hydroxylation sites is 1. The number of piperazine rings is 1. The van der Waals surface area contributed by atoms with E-state index in [1.165, 1.54) is 0 Å². The van der Waals surface area contributed by atoms with Gasteiger partial charge in [0.25, 0.3) is 5.91 Å². The van der Waals surface area contributed by atoms with Crippen LogP contribution in [0, 0.1) is 0 Å². The molecular weight excluding hydrogens is 426 g/mol. The normalized spacial score (nSPS) is 15.0. The molecule has 6 nitrogen and oxygen atoms in total. The number of rotatable bonds is 4. The first-order valence-corrected chi connectivity index (χ1v) is 11.2. The number of H-pyrrole nitrogens is 1. The number of aryl methyl sites for hydroxylation is 1. The van der Waals surface area contributed by atoms with Gasteiger partial charge >= 0.3 is 5.63 Å². The minimum absolute atomic E-state index is 0.0190. The molecule has 0 saturated carbocycles. The Morgan fingerprint density at radius 3 is 2.59 bits per heavy atom. The maximum atomic E-state index is 13.0. The Morgan fingerprint density at radius 2 is 1.84 bits per heavy atom. The van der Waals surface area contributed by atoms with E-state index in [0.29, 0.717) is 35.9 Å². The highest BCUT2D eigenvalue weighted by Crippen LogP contribution is 2.27. The van der Waals surface area contributed by atoms with Crippen LogP contribution in [0.3, 0.4) is 0 Å². The smallest absolute Gasteiger partial charge is 0.336 e. The SMILES string of the molecule is CCc1cc2oc(=O)cc(CN3CCN(C(=O)c4cc5ccccc5[nH]4)CC3)c2cc1Cl. The summed E-state index contributed by atoms with van der Waals surface area (Å²) in [6.45, 7) is 5.36. The fourth-order valence-corrected chi connectivity index (χ4v) is 4.70. The predicted octanol–water partition coefficient (Wildman–Crippen LogP) is 4.45. The topological polar surface area (TPSA) is 69.6 Å². The first-order valence-electron chi connectivity index (χ1n) is 10.9. The number of amides is 1. The van der Waals surface area contributed by atoms with Crippen molar-refractivity contribution in [3.63, 3.8) is 0 Å². The quantitative estimate of drug-likeness (QED) is 0.467. The Hall–Kier alpha value is -3.09. The van der Waals surface area contributed by atoms with E-state index in [4.69, 9.17) is 16.0 Å². The number of aromatic amines is 1. The lowest BCUT2D eigenvalue weighted by molar-refractivity contribution is 0.0624. The third kappa shape index (κ3) is 3.92. The summed E-state index contributed by atoms with van der Waals surface area (Å²) in [6.07, 6.45) is 0.773. The van der Waals surface area contributed by atoms with E-state index in [9.17, 15) is 9.59 Å². The Bertz CT molecular complexity index is 1330. The van der Waals surface area contributed by atoms with Crippen molar-refractivity contribution in [3.05, 3.63) is 80.8 Å². The van der Waals surface area contributed by atoms with Crippen molar-refractivity contribution < 1.29 is 9.21 Å². The number of carbonyl (C=O) groups is 1. The molecule has 1 aliphatic heterocycles. The summed E-state index contributed by atoms with van der Waals surface area (Å²) in [4.78, 5) is 32.4. The van der Waals surface area contributed by atoms with Gasteiger partial charge in [-0.3, -0.25) is 9.69 Å². The van der Waals surface area contributed by atoms with Crippen molar-refractivity contribution in [2.24, 2.45) is 0 Å². The molecule has 32 heavy (non-hydrogen) atoms. The number of carbonyl (C=O) groups excluding carboxylic acids is 1. The van der Waals surface area contributed by atoms with E-state index >= 15 is 0 Å². The van der Waals surface area contributed by atoms with E-state index in [1.54, 1.807) is 6.07 Å². The van der Waals surface area contributed by atoms with E-state index in [0.717, 1.165) is 46.9 Å². The number of hydrogen-bond acceptors (Lipinski definition) is 4. The zero-order valence-electron chi connectivity index (χ0n) is 17.9. The van der Waals surface area contributed by atoms with Gasteiger partial charge in [-0.05, 0) is 41.8 Å². The zero-order chi connectivity index (χ0) is 22.2. The van der Waals surface area contributed by atoms with Gasteiger partial charge in [-0.1, -0.05) is 36.7 Å². The lowest BCUT2D eigenvalue weighted by atomic mass is 10.1. The summed E-state index contributed by atoms with van der Waals surface area (Å²) in [6, 6.07) is 15.1. The number of hydrogen-bond donors (Lipinski definition) is 1. The molecule has 1 amide bonds. The predicted molar refractivity (Wildman–Crippen MR) is 126 cm³/mol. The molecule has 0 unspecified atom stereocenters. The molecule has 2 aromatic carbocycles. The van der Waals surface area contributed by atoms with Crippen molar-refractivity contribution in [1.29, 1.82) is 0 Å². The fourth-order valence-electron chi connectivity index (χ4n) is 4.40. The average molecular weight is 450 g/mol. The third-order valence-electron chi connectivity index (χ3n) is 6.19. The van der Waals surface area contributed by atoms with E-state index in [-0.39, 0.29) is 11.5 Å². The summed E-state index contributed by atoms with van der Waals surface area (Å²) in [7, 11) is 0. The van der Waals surface area contributed by atoms with Crippen LogP contribution in [0.15, 0.2) is 57.7 Å². The van der Waals surface area contributed by atoms with Crippen LogP contribution in [-0.2, 0) is 13.0 Å². The molecule has 4 aromatic rings. The van der Waals surface area contributed by atoms with Crippen LogP contribution in [0.25, 0.3) is 21.9 Å². The van der Waals surface area contributed by atoms with Gasteiger partial charge in [0.2, 0.25) is 0 Å². The number of halogens is 1. The van der Waals surface area contributed by atoms with Crippen LogP contribution < -0.4 is 5.63 Å². The van der Waals surface area contributed by atoms with E-state index < -0.39 is 0 Å². The van der Waals surface area contributed by atoms with Crippen LogP contribution in [0.5, 0.6) is 0 Å². The van der Waals surface area contributed by atoms with Gasteiger partial charge in [0.1, 0.15) is 11.3 Å². The second-order valence-electron chi connectivity index (χ2n) is 8.22. The van der Waals surface area contributed by atoms with Gasteiger partial charge < -0.3 is 14.3 Å². The number of fused-ring (bicyclic) bond motifs is 2. The minimum atomic E-state index is -0.357. The van der Waals surface area contributed by atoms with Crippen molar-refractivity contribution in [1.82, 2.24) is 14.8 Å². The third-order valence-corrected chi connectivity index (χ3v) is 6.54. The zero-order valence-corrected chi connectivity index (χ0v) is 18.6. The maximum Gasteiger partial charge on any atom is 0.336 e. The first kappa shape index (κ1) is 20.8.